The lowest BCUT2D eigenvalue weighted by Crippen LogP contribution is -2.36. The second kappa shape index (κ2) is 8.66. The number of nitrogens with one attached hydrogen (secondary N) is 1. The predicted molar refractivity (Wildman–Crippen MR) is 98.6 cm³/mol. The van der Waals surface area contributed by atoms with Gasteiger partial charge in [0.1, 0.15) is 6.33 Å². The van der Waals surface area contributed by atoms with Crippen LogP contribution in [0, 0.1) is 13.8 Å². The van der Waals surface area contributed by atoms with E-state index in [1.165, 1.54) is 16.7 Å². The highest BCUT2D eigenvalue weighted by atomic mass is 32.2. The lowest BCUT2D eigenvalue weighted by atomic mass is 10.1. The Kier molecular flexibility index (Phi) is 6.58. The van der Waals surface area contributed by atoms with Crippen molar-refractivity contribution in [1.29, 1.82) is 0 Å². The molecule has 25 heavy (non-hydrogen) atoms. The zero-order valence-corrected chi connectivity index (χ0v) is 15.8. The van der Waals surface area contributed by atoms with Crippen molar-refractivity contribution in [2.24, 2.45) is 0 Å². The molecule has 7 nitrogen and oxygen atoms in total. The first-order valence-electron chi connectivity index (χ1n) is 8.03. The highest BCUT2D eigenvalue weighted by molar-refractivity contribution is 7.99. The Hall–Kier alpha value is -2.35. The molecule has 1 aromatic carbocycles. The van der Waals surface area contributed by atoms with E-state index < -0.39 is 0 Å². The summed E-state index contributed by atoms with van der Waals surface area (Å²) in [6.07, 6.45) is 1.63. The van der Waals surface area contributed by atoms with Crippen LogP contribution in [0.15, 0.2) is 29.7 Å². The van der Waals surface area contributed by atoms with Crippen molar-refractivity contribution >= 4 is 29.3 Å². The van der Waals surface area contributed by atoms with Crippen LogP contribution in [0.4, 0.5) is 5.69 Å². The van der Waals surface area contributed by atoms with Crippen molar-refractivity contribution in [1.82, 2.24) is 19.7 Å². The molecule has 1 N–H and O–H groups in total. The summed E-state index contributed by atoms with van der Waals surface area (Å²) in [5.41, 5.74) is 2.80. The van der Waals surface area contributed by atoms with Crippen LogP contribution in [0.3, 0.4) is 0 Å². The van der Waals surface area contributed by atoms with Crippen LogP contribution in [0.2, 0.25) is 0 Å². The fourth-order valence-electron chi connectivity index (χ4n) is 2.30. The Morgan fingerprint density at radius 1 is 1.28 bits per heavy atom. The average Bonchev–Trinajstić information content (AvgIpc) is 3.03. The first kappa shape index (κ1) is 19.0. The number of benzene rings is 1. The van der Waals surface area contributed by atoms with E-state index >= 15 is 0 Å². The second-order valence-electron chi connectivity index (χ2n) is 5.75. The molecule has 0 spiro atoms. The SMILES string of the molecule is CCn1cnnc1SCC(=O)N(C)CC(=O)Nc1c(C)cccc1C. The third-order valence-corrected chi connectivity index (χ3v) is 4.76. The number of aromatic nitrogens is 3. The Balaban J connectivity index is 1.87. The molecule has 1 aromatic heterocycles. The van der Waals surface area contributed by atoms with Crippen LogP contribution in [0.25, 0.3) is 0 Å². The molecule has 0 radical (unpaired) electrons. The van der Waals surface area contributed by atoms with E-state index in [1.54, 1.807) is 13.4 Å². The molecule has 2 aromatic rings. The Bertz CT molecular complexity index is 739. The molecule has 134 valence electrons. The van der Waals surface area contributed by atoms with Crippen LogP contribution in [-0.4, -0.2) is 50.8 Å². The van der Waals surface area contributed by atoms with Crippen molar-refractivity contribution in [3.63, 3.8) is 0 Å². The van der Waals surface area contributed by atoms with E-state index in [2.05, 4.69) is 15.5 Å². The predicted octanol–water partition coefficient (Wildman–Crippen LogP) is 2.10. The van der Waals surface area contributed by atoms with E-state index in [0.717, 1.165) is 23.4 Å². The van der Waals surface area contributed by atoms with Crippen molar-refractivity contribution < 1.29 is 9.59 Å². The van der Waals surface area contributed by atoms with Gasteiger partial charge in [-0.1, -0.05) is 30.0 Å². The minimum Gasteiger partial charge on any atom is -0.336 e. The normalized spacial score (nSPS) is 10.6. The quantitative estimate of drug-likeness (QED) is 0.764. The summed E-state index contributed by atoms with van der Waals surface area (Å²) in [6.45, 7) is 6.63. The van der Waals surface area contributed by atoms with Gasteiger partial charge in [-0.05, 0) is 31.9 Å². The molecule has 0 aliphatic carbocycles. The molecule has 0 bridgehead atoms. The third kappa shape index (κ3) is 5.06. The molecule has 0 aliphatic heterocycles. The molecular formula is C17H23N5O2S. The van der Waals surface area contributed by atoms with Crippen molar-refractivity contribution in [3.05, 3.63) is 35.7 Å². The number of anilines is 1. The van der Waals surface area contributed by atoms with Gasteiger partial charge in [-0.15, -0.1) is 10.2 Å². The zero-order chi connectivity index (χ0) is 18.4. The highest BCUT2D eigenvalue weighted by Gasteiger charge is 2.16. The van der Waals surface area contributed by atoms with Gasteiger partial charge in [0.2, 0.25) is 11.8 Å². The summed E-state index contributed by atoms with van der Waals surface area (Å²) < 4.78 is 1.87. The minimum absolute atomic E-state index is 0.00758. The number of para-hydroxylation sites is 1. The first-order valence-corrected chi connectivity index (χ1v) is 9.01. The third-order valence-electron chi connectivity index (χ3n) is 3.80. The molecular weight excluding hydrogens is 338 g/mol. The van der Waals surface area contributed by atoms with Gasteiger partial charge in [-0.25, -0.2) is 0 Å². The van der Waals surface area contributed by atoms with Gasteiger partial charge in [0.25, 0.3) is 0 Å². The summed E-state index contributed by atoms with van der Waals surface area (Å²) in [4.78, 5) is 25.9. The van der Waals surface area contributed by atoms with E-state index in [-0.39, 0.29) is 24.1 Å². The maximum Gasteiger partial charge on any atom is 0.243 e. The Morgan fingerprint density at radius 3 is 2.60 bits per heavy atom. The van der Waals surface area contributed by atoms with Gasteiger partial charge >= 0.3 is 0 Å². The monoisotopic (exact) mass is 361 g/mol. The second-order valence-corrected chi connectivity index (χ2v) is 6.70. The molecule has 2 amide bonds. The van der Waals surface area contributed by atoms with Gasteiger partial charge in [-0.3, -0.25) is 9.59 Å². The molecule has 0 fully saturated rings. The first-order chi connectivity index (χ1) is 11.9. The van der Waals surface area contributed by atoms with E-state index in [9.17, 15) is 9.59 Å². The fourth-order valence-corrected chi connectivity index (χ4v) is 3.22. The highest BCUT2D eigenvalue weighted by Crippen LogP contribution is 2.19. The number of aryl methyl sites for hydroxylation is 3. The summed E-state index contributed by atoms with van der Waals surface area (Å²) >= 11 is 1.32. The number of carbonyl (C=O) groups is 2. The average molecular weight is 361 g/mol. The van der Waals surface area contributed by atoms with E-state index in [1.807, 2.05) is 43.5 Å². The van der Waals surface area contributed by atoms with E-state index in [0.29, 0.717) is 5.16 Å². The maximum atomic E-state index is 12.2. The summed E-state index contributed by atoms with van der Waals surface area (Å²) in [5.74, 6) is -0.131. The molecule has 0 aliphatic rings. The summed E-state index contributed by atoms with van der Waals surface area (Å²) in [7, 11) is 1.62. The maximum absolute atomic E-state index is 12.2. The molecule has 2 rings (SSSR count). The van der Waals surface area contributed by atoms with Crippen molar-refractivity contribution in [3.8, 4) is 0 Å². The van der Waals surface area contributed by atoms with Gasteiger partial charge in [-0.2, -0.15) is 0 Å². The number of hydrogen-bond donors (Lipinski definition) is 1. The lowest BCUT2D eigenvalue weighted by Gasteiger charge is -2.18. The number of carbonyl (C=O) groups excluding carboxylic acids is 2. The largest absolute Gasteiger partial charge is 0.336 e. The molecule has 0 atom stereocenters. The Labute approximate surface area is 151 Å². The molecule has 0 saturated carbocycles. The topological polar surface area (TPSA) is 80.1 Å². The summed E-state index contributed by atoms with van der Waals surface area (Å²) in [5, 5.41) is 11.4. The van der Waals surface area contributed by atoms with Gasteiger partial charge in [0, 0.05) is 19.3 Å². The molecule has 0 unspecified atom stereocenters. The van der Waals surface area contributed by atoms with Gasteiger partial charge < -0.3 is 14.8 Å². The summed E-state index contributed by atoms with van der Waals surface area (Å²) in [6, 6.07) is 5.83. The van der Waals surface area contributed by atoms with Crippen molar-refractivity contribution in [2.75, 3.05) is 24.7 Å². The fraction of sp³-hybridized carbons (Fsp3) is 0.412. The Morgan fingerprint density at radius 2 is 1.96 bits per heavy atom. The van der Waals surface area contributed by atoms with Gasteiger partial charge in [0.05, 0.1) is 12.3 Å². The molecule has 8 heteroatoms. The number of hydrogen-bond acceptors (Lipinski definition) is 5. The van der Waals surface area contributed by atoms with Crippen molar-refractivity contribution in [2.45, 2.75) is 32.5 Å². The van der Waals surface area contributed by atoms with Crippen LogP contribution in [0.5, 0.6) is 0 Å². The smallest absolute Gasteiger partial charge is 0.243 e. The number of nitrogens with zero attached hydrogens (tertiary/aromatic N) is 4. The van der Waals surface area contributed by atoms with E-state index in [4.69, 9.17) is 0 Å². The van der Waals surface area contributed by atoms with Crippen LogP contribution in [-0.2, 0) is 16.1 Å². The number of thioether (sulfide) groups is 1. The van der Waals surface area contributed by atoms with Crippen LogP contribution >= 0.6 is 11.8 Å². The number of rotatable bonds is 7. The van der Waals surface area contributed by atoms with Crippen LogP contribution < -0.4 is 5.32 Å². The van der Waals surface area contributed by atoms with Gasteiger partial charge in [0.15, 0.2) is 5.16 Å². The minimum atomic E-state index is -0.213. The number of likely N-dealkylation sites (N-methyl/N-ethyl adjacent to an activating group) is 1. The van der Waals surface area contributed by atoms with Crippen LogP contribution in [0.1, 0.15) is 18.1 Å². The lowest BCUT2D eigenvalue weighted by molar-refractivity contribution is -0.131. The standard InChI is InChI=1S/C17H23N5O2S/c1-5-22-11-18-20-17(22)25-10-15(24)21(4)9-14(23)19-16-12(2)7-6-8-13(16)3/h6-8,11H,5,9-10H2,1-4H3,(H,19,23). The number of amides is 2. The zero-order valence-electron chi connectivity index (χ0n) is 14.9. The molecule has 1 heterocycles. The molecule has 0 saturated heterocycles.